The number of ether oxygens (including phenoxy) is 1. The Hall–Kier alpha value is -1.71. The van der Waals surface area contributed by atoms with Crippen molar-refractivity contribution >= 4 is 17.3 Å². The fourth-order valence-electron chi connectivity index (χ4n) is 1.83. The number of nitrogens with two attached hydrogens (primary N) is 1. The summed E-state index contributed by atoms with van der Waals surface area (Å²) in [5.74, 6) is 0.360. The zero-order valence-corrected chi connectivity index (χ0v) is 12.0. The molecule has 1 rings (SSSR count). The number of anilines is 2. The zero-order valence-electron chi connectivity index (χ0n) is 12.0. The maximum absolute atomic E-state index is 11.8. The molecule has 0 fully saturated rings. The molecular weight excluding hydrogens is 240 g/mol. The molecule has 0 heterocycles. The molecule has 0 saturated heterocycles. The highest BCUT2D eigenvalue weighted by molar-refractivity contribution is 5.96. The molecule has 4 nitrogen and oxygen atoms in total. The van der Waals surface area contributed by atoms with Crippen LogP contribution in [0.5, 0.6) is 0 Å². The second-order valence-corrected chi connectivity index (χ2v) is 4.99. The van der Waals surface area contributed by atoms with E-state index in [1.165, 1.54) is 0 Å². The van der Waals surface area contributed by atoms with E-state index in [1.54, 1.807) is 19.1 Å². The van der Waals surface area contributed by atoms with E-state index in [1.807, 2.05) is 6.07 Å². The van der Waals surface area contributed by atoms with Crippen LogP contribution in [0.4, 0.5) is 11.4 Å². The predicted octanol–water partition coefficient (Wildman–Crippen LogP) is 3.29. The predicted molar refractivity (Wildman–Crippen MR) is 79.4 cm³/mol. The second-order valence-electron chi connectivity index (χ2n) is 4.99. The van der Waals surface area contributed by atoms with Crippen LogP contribution in [0.25, 0.3) is 0 Å². The number of esters is 1. The lowest BCUT2D eigenvalue weighted by Crippen LogP contribution is -2.11. The molecule has 0 amide bonds. The van der Waals surface area contributed by atoms with Crippen LogP contribution in [0.2, 0.25) is 0 Å². The number of nitrogen functional groups attached to an aromatic ring is 1. The van der Waals surface area contributed by atoms with E-state index in [0.717, 1.165) is 25.1 Å². The molecule has 0 atom stereocenters. The molecule has 0 aliphatic heterocycles. The van der Waals surface area contributed by atoms with Gasteiger partial charge in [-0.05, 0) is 43.9 Å². The SMILES string of the molecule is CCOC(=O)c1cc(N)ccc1NCCCC(C)C. The van der Waals surface area contributed by atoms with Crippen molar-refractivity contribution in [3.05, 3.63) is 23.8 Å². The molecule has 1 aromatic carbocycles. The van der Waals surface area contributed by atoms with Gasteiger partial charge in [-0.15, -0.1) is 0 Å². The Bertz CT molecular complexity index is 417. The summed E-state index contributed by atoms with van der Waals surface area (Å²) in [6.07, 6.45) is 2.24. The largest absolute Gasteiger partial charge is 0.462 e. The summed E-state index contributed by atoms with van der Waals surface area (Å²) in [6.45, 7) is 7.40. The third-order valence-corrected chi connectivity index (χ3v) is 2.81. The summed E-state index contributed by atoms with van der Waals surface area (Å²) in [4.78, 5) is 11.8. The fourth-order valence-corrected chi connectivity index (χ4v) is 1.83. The van der Waals surface area contributed by atoms with Gasteiger partial charge in [-0.2, -0.15) is 0 Å². The molecule has 19 heavy (non-hydrogen) atoms. The van der Waals surface area contributed by atoms with Gasteiger partial charge < -0.3 is 15.8 Å². The Morgan fingerprint density at radius 1 is 1.42 bits per heavy atom. The molecule has 0 unspecified atom stereocenters. The van der Waals surface area contributed by atoms with E-state index >= 15 is 0 Å². The number of hydrogen-bond acceptors (Lipinski definition) is 4. The number of rotatable bonds is 7. The van der Waals surface area contributed by atoms with E-state index in [2.05, 4.69) is 19.2 Å². The minimum atomic E-state index is -0.332. The molecule has 4 heteroatoms. The summed E-state index contributed by atoms with van der Waals surface area (Å²) >= 11 is 0. The Labute approximate surface area is 115 Å². The molecular formula is C15H24N2O2. The summed E-state index contributed by atoms with van der Waals surface area (Å²) in [7, 11) is 0. The lowest BCUT2D eigenvalue weighted by Gasteiger charge is -2.12. The van der Waals surface area contributed by atoms with Crippen molar-refractivity contribution in [3.8, 4) is 0 Å². The molecule has 0 radical (unpaired) electrons. The first kappa shape index (κ1) is 15.3. The lowest BCUT2D eigenvalue weighted by atomic mass is 10.1. The molecule has 0 aliphatic carbocycles. The van der Waals surface area contributed by atoms with Crippen LogP contribution in [0.1, 0.15) is 44.0 Å². The topological polar surface area (TPSA) is 64.3 Å². The third kappa shape index (κ3) is 5.20. The van der Waals surface area contributed by atoms with Gasteiger partial charge in [-0.3, -0.25) is 0 Å². The molecule has 0 aliphatic rings. The number of hydrogen-bond donors (Lipinski definition) is 2. The summed E-state index contributed by atoms with van der Waals surface area (Å²) in [6, 6.07) is 5.27. The van der Waals surface area contributed by atoms with Gasteiger partial charge >= 0.3 is 5.97 Å². The van der Waals surface area contributed by atoms with Crippen LogP contribution in [-0.4, -0.2) is 19.1 Å². The molecule has 3 N–H and O–H groups in total. The number of carbonyl (C=O) groups is 1. The van der Waals surface area contributed by atoms with E-state index in [0.29, 0.717) is 23.8 Å². The van der Waals surface area contributed by atoms with Gasteiger partial charge in [0, 0.05) is 17.9 Å². The number of benzene rings is 1. The smallest absolute Gasteiger partial charge is 0.340 e. The highest BCUT2D eigenvalue weighted by atomic mass is 16.5. The average Bonchev–Trinajstić information content (AvgIpc) is 2.36. The highest BCUT2D eigenvalue weighted by Gasteiger charge is 2.12. The van der Waals surface area contributed by atoms with Crippen molar-refractivity contribution < 1.29 is 9.53 Å². The van der Waals surface area contributed by atoms with Crippen molar-refractivity contribution in [2.24, 2.45) is 5.92 Å². The van der Waals surface area contributed by atoms with E-state index in [4.69, 9.17) is 10.5 Å². The highest BCUT2D eigenvalue weighted by Crippen LogP contribution is 2.20. The standard InChI is InChI=1S/C15H24N2O2/c1-4-19-15(18)13-10-12(16)7-8-14(13)17-9-5-6-11(2)3/h7-8,10-11,17H,4-6,9,16H2,1-3H3. The average molecular weight is 264 g/mol. The van der Waals surface area contributed by atoms with Crippen LogP contribution in [-0.2, 0) is 4.74 Å². The zero-order chi connectivity index (χ0) is 14.3. The van der Waals surface area contributed by atoms with E-state index < -0.39 is 0 Å². The van der Waals surface area contributed by atoms with Crippen LogP contribution >= 0.6 is 0 Å². The van der Waals surface area contributed by atoms with Gasteiger partial charge in [0.05, 0.1) is 12.2 Å². The van der Waals surface area contributed by atoms with Crippen molar-refractivity contribution in [1.29, 1.82) is 0 Å². The van der Waals surface area contributed by atoms with Gasteiger partial charge in [-0.1, -0.05) is 13.8 Å². The summed E-state index contributed by atoms with van der Waals surface area (Å²) in [5.41, 5.74) is 7.58. The molecule has 1 aromatic rings. The Morgan fingerprint density at radius 3 is 2.79 bits per heavy atom. The van der Waals surface area contributed by atoms with Gasteiger partial charge in [0.15, 0.2) is 0 Å². The van der Waals surface area contributed by atoms with Gasteiger partial charge in [0.2, 0.25) is 0 Å². The van der Waals surface area contributed by atoms with E-state index in [9.17, 15) is 4.79 Å². The first-order valence-electron chi connectivity index (χ1n) is 6.85. The van der Waals surface area contributed by atoms with Crippen LogP contribution in [0.3, 0.4) is 0 Å². The van der Waals surface area contributed by atoms with Gasteiger partial charge in [-0.25, -0.2) is 4.79 Å². The third-order valence-electron chi connectivity index (χ3n) is 2.81. The minimum Gasteiger partial charge on any atom is -0.462 e. The monoisotopic (exact) mass is 264 g/mol. The Morgan fingerprint density at radius 2 is 2.16 bits per heavy atom. The summed E-state index contributed by atoms with van der Waals surface area (Å²) < 4.78 is 5.03. The summed E-state index contributed by atoms with van der Waals surface area (Å²) in [5, 5.41) is 3.28. The molecule has 106 valence electrons. The maximum Gasteiger partial charge on any atom is 0.340 e. The van der Waals surface area contributed by atoms with Gasteiger partial charge in [0.1, 0.15) is 0 Å². The Balaban J connectivity index is 2.68. The Kier molecular flexibility index (Phi) is 6.19. The van der Waals surface area contributed by atoms with Crippen LogP contribution in [0, 0.1) is 5.92 Å². The normalized spacial score (nSPS) is 10.5. The number of nitrogens with one attached hydrogen (secondary N) is 1. The van der Waals surface area contributed by atoms with Crippen LogP contribution in [0.15, 0.2) is 18.2 Å². The minimum absolute atomic E-state index is 0.332. The second kappa shape index (κ2) is 7.67. The van der Waals surface area contributed by atoms with Crippen LogP contribution < -0.4 is 11.1 Å². The van der Waals surface area contributed by atoms with E-state index in [-0.39, 0.29) is 5.97 Å². The van der Waals surface area contributed by atoms with Crippen molar-refractivity contribution in [2.75, 3.05) is 24.2 Å². The van der Waals surface area contributed by atoms with Crippen molar-refractivity contribution in [3.63, 3.8) is 0 Å². The van der Waals surface area contributed by atoms with Crippen molar-refractivity contribution in [2.45, 2.75) is 33.6 Å². The molecule has 0 bridgehead atoms. The molecule has 0 saturated carbocycles. The maximum atomic E-state index is 11.8. The first-order chi connectivity index (χ1) is 9.04. The first-order valence-corrected chi connectivity index (χ1v) is 6.85. The van der Waals surface area contributed by atoms with Crippen molar-refractivity contribution in [1.82, 2.24) is 0 Å². The number of carbonyl (C=O) groups excluding carboxylic acids is 1. The fraction of sp³-hybridized carbons (Fsp3) is 0.533. The quantitative estimate of drug-likeness (QED) is 0.450. The molecule has 0 spiro atoms. The van der Waals surface area contributed by atoms with Gasteiger partial charge in [0.25, 0.3) is 0 Å². The lowest BCUT2D eigenvalue weighted by molar-refractivity contribution is 0.0527. The molecule has 0 aromatic heterocycles.